The minimum Gasteiger partial charge on any atom is -0.266 e. The Bertz CT molecular complexity index is 715. The molecule has 0 saturated heterocycles. The van der Waals surface area contributed by atoms with Crippen molar-refractivity contribution in [2.45, 2.75) is 5.03 Å². The molecule has 0 aliphatic rings. The Morgan fingerprint density at radius 3 is 2.68 bits per heavy atom. The van der Waals surface area contributed by atoms with Crippen molar-refractivity contribution in [2.24, 2.45) is 0 Å². The van der Waals surface area contributed by atoms with Crippen LogP contribution in [-0.2, 0) is 10.0 Å². The number of halogens is 1. The topological polar surface area (TPSA) is 131 Å². The van der Waals surface area contributed by atoms with E-state index in [1.54, 1.807) is 0 Å². The molecule has 0 amide bonds. The number of nitrogens with zero attached hydrogens (tertiary/aromatic N) is 3. The minimum absolute atomic E-state index is 0.0760. The highest BCUT2D eigenvalue weighted by Gasteiger charge is 2.23. The number of anilines is 1. The van der Waals surface area contributed by atoms with Crippen LogP contribution in [0, 0.1) is 10.1 Å². The van der Waals surface area contributed by atoms with Crippen molar-refractivity contribution in [3.63, 3.8) is 0 Å². The molecule has 2 rings (SSSR count). The molecule has 0 unspecified atom stereocenters. The second-order valence-electron chi connectivity index (χ2n) is 3.29. The normalized spacial score (nSPS) is 11.2. The van der Waals surface area contributed by atoms with E-state index in [1.165, 1.54) is 18.3 Å². The fourth-order valence-electron chi connectivity index (χ4n) is 1.23. The highest BCUT2D eigenvalue weighted by Crippen LogP contribution is 2.25. The molecule has 2 heterocycles. The van der Waals surface area contributed by atoms with Gasteiger partial charge in [0.05, 0.1) is 11.1 Å². The Balaban J connectivity index is 2.44. The van der Waals surface area contributed by atoms with E-state index in [0.29, 0.717) is 0 Å². The van der Waals surface area contributed by atoms with Crippen LogP contribution >= 0.6 is 11.6 Å². The number of rotatable bonds is 4. The number of pyridine rings is 1. The Morgan fingerprint density at radius 2 is 2.11 bits per heavy atom. The van der Waals surface area contributed by atoms with E-state index in [9.17, 15) is 18.5 Å². The SMILES string of the molecule is O=[N+]([O-])c1ccc(Cl)nc1NS(=O)(=O)c1ccn[nH]1. The molecule has 0 aliphatic carbocycles. The molecule has 11 heteroatoms. The fourth-order valence-corrected chi connectivity index (χ4v) is 2.30. The van der Waals surface area contributed by atoms with Gasteiger partial charge in [-0.25, -0.2) is 4.98 Å². The number of H-pyrrole nitrogens is 1. The standard InChI is InChI=1S/C8H6ClN5O4S/c9-6-2-1-5(14(15)16)8(11-6)13-19(17,18)7-3-4-10-12-7/h1-4H,(H,10,12)(H,11,13). The maximum Gasteiger partial charge on any atom is 0.312 e. The molecule has 2 N–H and O–H groups in total. The Hall–Kier alpha value is -2.20. The first-order valence-electron chi connectivity index (χ1n) is 4.73. The van der Waals surface area contributed by atoms with Gasteiger partial charge in [-0.2, -0.15) is 13.5 Å². The van der Waals surface area contributed by atoms with Crippen LogP contribution in [-0.4, -0.2) is 28.5 Å². The van der Waals surface area contributed by atoms with Gasteiger partial charge in [0.15, 0.2) is 5.03 Å². The Morgan fingerprint density at radius 1 is 1.37 bits per heavy atom. The summed E-state index contributed by atoms with van der Waals surface area (Å²) in [6.45, 7) is 0. The highest BCUT2D eigenvalue weighted by atomic mass is 35.5. The van der Waals surface area contributed by atoms with Crippen LogP contribution in [0.25, 0.3) is 0 Å². The van der Waals surface area contributed by atoms with Gasteiger partial charge in [0.25, 0.3) is 10.0 Å². The first-order valence-corrected chi connectivity index (χ1v) is 6.59. The molecule has 0 bridgehead atoms. The molecular weight excluding hydrogens is 298 g/mol. The fraction of sp³-hybridized carbons (Fsp3) is 0. The van der Waals surface area contributed by atoms with Crippen molar-refractivity contribution in [1.29, 1.82) is 0 Å². The summed E-state index contributed by atoms with van der Waals surface area (Å²) in [5.74, 6) is -0.466. The zero-order chi connectivity index (χ0) is 14.0. The minimum atomic E-state index is -4.04. The number of hydrogen-bond acceptors (Lipinski definition) is 6. The molecule has 2 aromatic heterocycles. The van der Waals surface area contributed by atoms with Crippen molar-refractivity contribution in [2.75, 3.05) is 4.72 Å². The number of sulfonamides is 1. The van der Waals surface area contributed by atoms with Crippen LogP contribution in [0.1, 0.15) is 0 Å². The third kappa shape index (κ3) is 2.80. The van der Waals surface area contributed by atoms with Gasteiger partial charge in [-0.3, -0.25) is 19.9 Å². The van der Waals surface area contributed by atoms with Crippen molar-refractivity contribution in [3.05, 3.63) is 39.7 Å². The van der Waals surface area contributed by atoms with E-state index in [0.717, 1.165) is 6.07 Å². The summed E-state index contributed by atoms with van der Waals surface area (Å²) < 4.78 is 25.7. The summed E-state index contributed by atoms with van der Waals surface area (Å²) >= 11 is 5.59. The lowest BCUT2D eigenvalue weighted by Gasteiger charge is -2.05. The molecule has 0 aromatic carbocycles. The molecule has 19 heavy (non-hydrogen) atoms. The van der Waals surface area contributed by atoms with Crippen molar-refractivity contribution in [3.8, 4) is 0 Å². The maximum absolute atomic E-state index is 11.9. The van der Waals surface area contributed by atoms with Crippen LogP contribution in [0.2, 0.25) is 5.15 Å². The second kappa shape index (κ2) is 4.82. The molecule has 100 valence electrons. The summed E-state index contributed by atoms with van der Waals surface area (Å²) in [4.78, 5) is 13.6. The molecule has 0 aliphatic heterocycles. The molecule has 0 spiro atoms. The van der Waals surface area contributed by atoms with Gasteiger partial charge in [0.1, 0.15) is 5.15 Å². The predicted octanol–water partition coefficient (Wildman–Crippen LogP) is 1.17. The summed E-state index contributed by atoms with van der Waals surface area (Å²) in [6.07, 6.45) is 1.23. The molecule has 0 saturated carbocycles. The molecule has 0 atom stereocenters. The third-order valence-corrected chi connectivity index (χ3v) is 3.51. The summed E-state index contributed by atoms with van der Waals surface area (Å²) in [6, 6.07) is 3.44. The van der Waals surface area contributed by atoms with Gasteiger partial charge in [0, 0.05) is 6.07 Å². The lowest BCUT2D eigenvalue weighted by molar-refractivity contribution is -0.384. The summed E-state index contributed by atoms with van der Waals surface area (Å²) in [5, 5.41) is 16.2. The molecule has 2 aromatic rings. The van der Waals surface area contributed by atoms with Gasteiger partial charge >= 0.3 is 5.69 Å². The molecule has 9 nitrogen and oxygen atoms in total. The van der Waals surface area contributed by atoms with Gasteiger partial charge in [-0.1, -0.05) is 11.6 Å². The van der Waals surface area contributed by atoms with Crippen LogP contribution in [0.5, 0.6) is 0 Å². The zero-order valence-electron chi connectivity index (χ0n) is 9.07. The lowest BCUT2D eigenvalue weighted by atomic mass is 10.4. The number of aromatic amines is 1. The molecule has 0 radical (unpaired) electrons. The van der Waals surface area contributed by atoms with Crippen molar-refractivity contribution >= 4 is 33.1 Å². The van der Waals surface area contributed by atoms with Gasteiger partial charge in [0.2, 0.25) is 5.82 Å². The van der Waals surface area contributed by atoms with Crippen molar-refractivity contribution < 1.29 is 13.3 Å². The largest absolute Gasteiger partial charge is 0.312 e. The zero-order valence-corrected chi connectivity index (χ0v) is 10.6. The predicted molar refractivity (Wildman–Crippen MR) is 65.3 cm³/mol. The maximum atomic E-state index is 11.9. The smallest absolute Gasteiger partial charge is 0.266 e. The highest BCUT2D eigenvalue weighted by molar-refractivity contribution is 7.92. The summed E-state index contributed by atoms with van der Waals surface area (Å²) in [7, 11) is -4.04. The monoisotopic (exact) mass is 303 g/mol. The first kappa shape index (κ1) is 13.2. The quantitative estimate of drug-likeness (QED) is 0.495. The third-order valence-electron chi connectivity index (χ3n) is 2.03. The van der Waals surface area contributed by atoms with Gasteiger partial charge in [-0.05, 0) is 12.1 Å². The van der Waals surface area contributed by atoms with E-state index in [1.807, 2.05) is 4.72 Å². The van der Waals surface area contributed by atoms with Gasteiger partial charge < -0.3 is 0 Å². The van der Waals surface area contributed by atoms with Crippen LogP contribution in [0.3, 0.4) is 0 Å². The van der Waals surface area contributed by atoms with E-state index in [2.05, 4.69) is 15.2 Å². The van der Waals surface area contributed by atoms with Crippen molar-refractivity contribution in [1.82, 2.24) is 15.2 Å². The Labute approximate surface area is 111 Å². The van der Waals surface area contributed by atoms with E-state index in [4.69, 9.17) is 11.6 Å². The summed E-state index contributed by atoms with van der Waals surface area (Å²) in [5.41, 5.74) is -0.507. The number of hydrogen-bond donors (Lipinski definition) is 2. The number of aromatic nitrogens is 3. The number of nitrogens with one attached hydrogen (secondary N) is 2. The van der Waals surface area contributed by atoms with Crippen LogP contribution < -0.4 is 4.72 Å². The van der Waals surface area contributed by atoms with E-state index >= 15 is 0 Å². The number of nitro groups is 1. The van der Waals surface area contributed by atoms with E-state index in [-0.39, 0.29) is 10.2 Å². The van der Waals surface area contributed by atoms with E-state index < -0.39 is 26.5 Å². The Kier molecular flexibility index (Phi) is 3.36. The van der Waals surface area contributed by atoms with Crippen LogP contribution in [0.4, 0.5) is 11.5 Å². The first-order chi connectivity index (χ1) is 8.90. The van der Waals surface area contributed by atoms with Gasteiger partial charge in [-0.15, -0.1) is 0 Å². The second-order valence-corrected chi connectivity index (χ2v) is 5.32. The average molecular weight is 304 g/mol. The average Bonchev–Trinajstić information content (AvgIpc) is 2.81. The lowest BCUT2D eigenvalue weighted by Crippen LogP contribution is -2.15. The molecular formula is C8H6ClN5O4S. The molecule has 0 fully saturated rings. The van der Waals surface area contributed by atoms with Crippen LogP contribution in [0.15, 0.2) is 29.4 Å².